The fourth-order valence-electron chi connectivity index (χ4n) is 0.854. The zero-order chi connectivity index (χ0) is 6.24. The number of halogens is 1. The topological polar surface area (TPSA) is 0 Å². The van der Waals surface area contributed by atoms with Crippen LogP contribution in [0.1, 0.15) is 39.0 Å². The molecule has 0 aromatic carbocycles. The van der Waals surface area contributed by atoms with Gasteiger partial charge in [0.15, 0.2) is 0 Å². The van der Waals surface area contributed by atoms with Gasteiger partial charge in [-0.2, -0.15) is 0 Å². The molecule has 9 heavy (non-hydrogen) atoms. The van der Waals surface area contributed by atoms with Gasteiger partial charge >= 0.3 is 70.6 Å². The van der Waals surface area contributed by atoms with Crippen molar-refractivity contribution in [2.75, 3.05) is 0 Å². The summed E-state index contributed by atoms with van der Waals surface area (Å²) in [5.74, 6) is 0. The quantitative estimate of drug-likeness (QED) is 0.409. The number of hydrogen-bond acceptors (Lipinski definition) is 0. The second-order valence-electron chi connectivity index (χ2n) is 2.41. The number of hydrogen-bond donors (Lipinski definition) is 0. The summed E-state index contributed by atoms with van der Waals surface area (Å²) < 4.78 is 1.50. The average Bonchev–Trinajstić information content (AvgIpc) is 1.81. The Kier molecular flexibility index (Phi) is 16.4. The molecule has 0 bridgehead atoms. The minimum atomic E-state index is 0. The summed E-state index contributed by atoms with van der Waals surface area (Å²) in [4.78, 5) is 0. The predicted octanol–water partition coefficient (Wildman–Crippen LogP) is 2.70. The maximum absolute atomic E-state index is 2.26. The Morgan fingerprint density at radius 3 is 2.00 bits per heavy atom. The minimum absolute atomic E-state index is 0. The molecule has 0 fully saturated rings. The fourth-order valence-corrected chi connectivity index (χ4v) is 1.35. The van der Waals surface area contributed by atoms with Crippen molar-refractivity contribution < 1.29 is 4.70 Å². The summed E-state index contributed by atoms with van der Waals surface area (Å²) in [6, 6.07) is 0. The maximum atomic E-state index is 2.26. The van der Waals surface area contributed by atoms with Crippen LogP contribution in [0.5, 0.6) is 0 Å². The molecule has 0 N–H and O–H groups in total. The zero-order valence-electron chi connectivity index (χ0n) is 6.65. The zero-order valence-corrected chi connectivity index (χ0v) is 8.65. The molecule has 0 spiro atoms. The SMILES string of the molecule is CCCCCC[CH2][Na].F. The smallest absolute Gasteiger partial charge is 0.269 e. The van der Waals surface area contributed by atoms with Gasteiger partial charge in [-0.1, -0.05) is 0 Å². The van der Waals surface area contributed by atoms with E-state index in [0.29, 0.717) is 0 Å². The third kappa shape index (κ3) is 12.2. The van der Waals surface area contributed by atoms with Crippen molar-refractivity contribution in [3.63, 3.8) is 0 Å². The van der Waals surface area contributed by atoms with Crippen LogP contribution < -0.4 is 0 Å². The molecule has 0 aliphatic heterocycles. The van der Waals surface area contributed by atoms with E-state index in [1.807, 2.05) is 0 Å². The summed E-state index contributed by atoms with van der Waals surface area (Å²) >= 11 is 1.41. The first-order valence-electron chi connectivity index (χ1n) is 3.91. The van der Waals surface area contributed by atoms with Gasteiger partial charge < -0.3 is 0 Å². The molecule has 0 nitrogen and oxygen atoms in total. The van der Waals surface area contributed by atoms with Crippen molar-refractivity contribution in [2.24, 2.45) is 0 Å². The molecule has 0 radical (unpaired) electrons. The third-order valence-electron chi connectivity index (χ3n) is 1.46. The monoisotopic (exact) mass is 142 g/mol. The minimum Gasteiger partial charge on any atom is -0.269 e. The van der Waals surface area contributed by atoms with Crippen molar-refractivity contribution in [3.8, 4) is 0 Å². The molecule has 52 valence electrons. The second kappa shape index (κ2) is 11.7. The van der Waals surface area contributed by atoms with Gasteiger partial charge in [0.25, 0.3) is 0 Å². The van der Waals surface area contributed by atoms with Crippen LogP contribution in [-0.4, -0.2) is 27.9 Å². The Morgan fingerprint density at radius 1 is 1.00 bits per heavy atom. The molecule has 0 heterocycles. The van der Waals surface area contributed by atoms with Crippen molar-refractivity contribution in [1.82, 2.24) is 0 Å². The first-order chi connectivity index (χ1) is 3.91. The second-order valence-corrected chi connectivity index (χ2v) is 3.41. The molecule has 0 unspecified atom stereocenters. The van der Waals surface area contributed by atoms with Gasteiger partial charge in [-0.3, -0.25) is 4.70 Å². The van der Waals surface area contributed by atoms with E-state index in [0.717, 1.165) is 0 Å². The molecule has 0 amide bonds. The van der Waals surface area contributed by atoms with E-state index in [1.165, 1.54) is 63.7 Å². The number of rotatable bonds is 5. The van der Waals surface area contributed by atoms with E-state index in [1.54, 1.807) is 0 Å². The summed E-state index contributed by atoms with van der Waals surface area (Å²) in [7, 11) is 0. The molecule has 0 aliphatic rings. The van der Waals surface area contributed by atoms with E-state index in [2.05, 4.69) is 6.92 Å². The van der Waals surface area contributed by atoms with E-state index >= 15 is 0 Å². The van der Waals surface area contributed by atoms with Crippen LogP contribution in [0.4, 0.5) is 4.70 Å². The molecule has 2 heteroatoms. The molecule has 0 saturated carbocycles. The van der Waals surface area contributed by atoms with Gasteiger partial charge in [0.1, 0.15) is 0 Å². The summed E-state index contributed by atoms with van der Waals surface area (Å²) in [6.45, 7) is 2.26. The molecule has 0 aliphatic carbocycles. The normalized spacial score (nSPS) is 8.78. The van der Waals surface area contributed by atoms with Crippen LogP contribution in [0.2, 0.25) is 3.67 Å². The van der Waals surface area contributed by atoms with Gasteiger partial charge in [0, 0.05) is 0 Å². The van der Waals surface area contributed by atoms with Gasteiger partial charge in [-0.25, -0.2) is 0 Å². The van der Waals surface area contributed by atoms with Crippen molar-refractivity contribution in [1.29, 1.82) is 0 Å². The Morgan fingerprint density at radius 2 is 1.56 bits per heavy atom. The Balaban J connectivity index is 0. The first kappa shape index (κ1) is 12.6. The Hall–Kier alpha value is 0.930. The summed E-state index contributed by atoms with van der Waals surface area (Å²) in [6.07, 6.45) is 7.27. The van der Waals surface area contributed by atoms with Gasteiger partial charge in [0.05, 0.1) is 0 Å². The average molecular weight is 142 g/mol. The van der Waals surface area contributed by atoms with Crippen molar-refractivity contribution in [2.45, 2.75) is 42.7 Å². The molecular weight excluding hydrogens is 126 g/mol. The van der Waals surface area contributed by atoms with E-state index in [9.17, 15) is 0 Å². The molecule has 0 rings (SSSR count). The van der Waals surface area contributed by atoms with Gasteiger partial charge in [0.2, 0.25) is 0 Å². The van der Waals surface area contributed by atoms with Gasteiger partial charge in [-0.15, -0.1) is 0 Å². The van der Waals surface area contributed by atoms with Crippen molar-refractivity contribution in [3.05, 3.63) is 0 Å². The third-order valence-corrected chi connectivity index (χ3v) is 2.16. The molecule has 0 aromatic heterocycles. The van der Waals surface area contributed by atoms with Crippen molar-refractivity contribution >= 4 is 27.9 Å². The fraction of sp³-hybridized carbons (Fsp3) is 1.00. The van der Waals surface area contributed by atoms with Crippen LogP contribution in [0.15, 0.2) is 0 Å². The van der Waals surface area contributed by atoms with E-state index < -0.39 is 0 Å². The predicted molar refractivity (Wildman–Crippen MR) is 41.8 cm³/mol. The van der Waals surface area contributed by atoms with Gasteiger partial charge in [-0.05, 0) is 0 Å². The maximum Gasteiger partial charge on any atom is -0.269 e. The van der Waals surface area contributed by atoms with Crippen LogP contribution >= 0.6 is 0 Å². The first-order valence-corrected chi connectivity index (χ1v) is 5.33. The van der Waals surface area contributed by atoms with E-state index in [4.69, 9.17) is 0 Å². The largest absolute Gasteiger partial charge is 0.269 e. The molecule has 0 aromatic rings. The van der Waals surface area contributed by atoms with E-state index in [-0.39, 0.29) is 4.70 Å². The Bertz CT molecular complexity index is 33.9. The molecule has 0 atom stereocenters. The summed E-state index contributed by atoms with van der Waals surface area (Å²) in [5.41, 5.74) is 0. The summed E-state index contributed by atoms with van der Waals surface area (Å²) in [5, 5.41) is 0. The standard InChI is InChI=1S/C7H15.FH.Na/c1-3-5-7-6-4-2;;/h1,3-7H2,2H3;1H;. The van der Waals surface area contributed by atoms with Crippen LogP contribution in [0.25, 0.3) is 0 Å². The van der Waals surface area contributed by atoms with Crippen LogP contribution in [0, 0.1) is 0 Å². The Labute approximate surface area is 75.2 Å². The molecule has 0 saturated heterocycles. The number of unbranched alkanes of at least 4 members (excludes halogenated alkanes) is 4. The molecular formula is C7H16FNa. The van der Waals surface area contributed by atoms with Crippen LogP contribution in [0.3, 0.4) is 0 Å². The van der Waals surface area contributed by atoms with Crippen LogP contribution in [-0.2, 0) is 0 Å².